The van der Waals surface area contributed by atoms with Crippen LogP contribution in [0.2, 0.25) is 0 Å². The maximum atomic E-state index is 6.84. The molecule has 0 spiro atoms. The van der Waals surface area contributed by atoms with Crippen molar-refractivity contribution < 1.29 is 4.42 Å². The second-order valence-electron chi connectivity index (χ2n) is 14.4. The van der Waals surface area contributed by atoms with Crippen LogP contribution in [-0.4, -0.2) is 19.5 Å². The van der Waals surface area contributed by atoms with Crippen LogP contribution < -0.4 is 0 Å². The van der Waals surface area contributed by atoms with Gasteiger partial charge in [0.2, 0.25) is 0 Å². The van der Waals surface area contributed by atoms with Crippen molar-refractivity contribution >= 4 is 43.7 Å². The maximum Gasteiger partial charge on any atom is 0.164 e. The van der Waals surface area contributed by atoms with Gasteiger partial charge in [0.05, 0.1) is 11.0 Å². The molecule has 0 bridgehead atoms. The highest BCUT2D eigenvalue weighted by Crippen LogP contribution is 2.57. The Bertz CT molecular complexity index is 3010. The van der Waals surface area contributed by atoms with Gasteiger partial charge in [-0.1, -0.05) is 135 Å². The van der Waals surface area contributed by atoms with Gasteiger partial charge in [-0.15, -0.1) is 0 Å². The van der Waals surface area contributed by atoms with Gasteiger partial charge in [0.25, 0.3) is 0 Å². The van der Waals surface area contributed by atoms with Crippen molar-refractivity contribution in [2.45, 2.75) is 19.3 Å². The highest BCUT2D eigenvalue weighted by atomic mass is 16.3. The molecule has 7 aromatic carbocycles. The monoisotopic (exact) mass is 680 g/mol. The van der Waals surface area contributed by atoms with Gasteiger partial charge < -0.3 is 8.98 Å². The first-order valence-electron chi connectivity index (χ1n) is 18.0. The quantitative estimate of drug-likeness (QED) is 0.186. The first-order valence-corrected chi connectivity index (χ1v) is 18.0. The van der Waals surface area contributed by atoms with Gasteiger partial charge >= 0.3 is 0 Å². The van der Waals surface area contributed by atoms with Crippen molar-refractivity contribution in [3.05, 3.63) is 169 Å². The van der Waals surface area contributed by atoms with Crippen LogP contribution in [0.3, 0.4) is 0 Å². The van der Waals surface area contributed by atoms with E-state index in [0.717, 1.165) is 44.4 Å². The fourth-order valence-electron chi connectivity index (χ4n) is 8.64. The summed E-state index contributed by atoms with van der Waals surface area (Å²) in [6.07, 6.45) is 0. The van der Waals surface area contributed by atoms with E-state index in [4.69, 9.17) is 19.4 Å². The molecular weight excluding hydrogens is 649 g/mol. The minimum atomic E-state index is -0.268. The van der Waals surface area contributed by atoms with Crippen LogP contribution in [-0.2, 0) is 5.41 Å². The molecule has 0 aliphatic heterocycles. The van der Waals surface area contributed by atoms with Gasteiger partial charge in [-0.25, -0.2) is 15.0 Å². The van der Waals surface area contributed by atoms with Crippen molar-refractivity contribution in [3.63, 3.8) is 0 Å². The van der Waals surface area contributed by atoms with Crippen LogP contribution in [0.1, 0.15) is 25.0 Å². The van der Waals surface area contributed by atoms with Crippen LogP contribution in [0.25, 0.3) is 94.7 Å². The lowest BCUT2D eigenvalue weighted by molar-refractivity contribution is 0.656. The summed E-state index contributed by atoms with van der Waals surface area (Å²) in [4.78, 5) is 14.9. The minimum absolute atomic E-state index is 0.268. The van der Waals surface area contributed by atoms with Crippen molar-refractivity contribution in [3.8, 4) is 51.0 Å². The summed E-state index contributed by atoms with van der Waals surface area (Å²) in [5.41, 5.74) is 12.9. The number of fused-ring (bicyclic) bond motifs is 12. The van der Waals surface area contributed by atoms with E-state index in [0.29, 0.717) is 17.5 Å². The third-order valence-electron chi connectivity index (χ3n) is 11.0. The van der Waals surface area contributed by atoms with Gasteiger partial charge in [-0.05, 0) is 53.1 Å². The number of benzene rings is 7. The summed E-state index contributed by atoms with van der Waals surface area (Å²) in [5.74, 6) is 1.93. The minimum Gasteiger partial charge on any atom is -0.455 e. The number of nitrogens with zero attached hydrogens (tertiary/aromatic N) is 4. The Balaban J connectivity index is 1.18. The van der Waals surface area contributed by atoms with Gasteiger partial charge in [0.1, 0.15) is 11.2 Å². The molecule has 0 saturated heterocycles. The molecule has 53 heavy (non-hydrogen) atoms. The molecule has 0 radical (unpaired) electrons. The van der Waals surface area contributed by atoms with E-state index in [-0.39, 0.29) is 5.41 Å². The van der Waals surface area contributed by atoms with Crippen LogP contribution >= 0.6 is 0 Å². The molecule has 3 heterocycles. The Hall–Kier alpha value is -6.85. The van der Waals surface area contributed by atoms with Crippen LogP contribution in [0.4, 0.5) is 0 Å². The standard InChI is InChI=1S/C48H32N4O/c1-48(2)36-22-12-9-19-33(36)41-42(48)43-39(40-35-21-11-14-24-38(35)53-44(40)41)34-20-10-13-23-37(34)52(43)32-27-25-31(26-28-32)47-50-45(29-15-5-3-6-16-29)49-46(51-47)30-17-7-4-8-18-30/h3-28H,1-2H3. The number of hydrogen-bond acceptors (Lipinski definition) is 4. The van der Waals surface area contributed by atoms with Crippen molar-refractivity contribution in [2.24, 2.45) is 0 Å². The van der Waals surface area contributed by atoms with Crippen LogP contribution in [0.5, 0.6) is 0 Å². The number of para-hydroxylation sites is 2. The Kier molecular flexibility index (Phi) is 6.23. The fourth-order valence-corrected chi connectivity index (χ4v) is 8.64. The highest BCUT2D eigenvalue weighted by Gasteiger charge is 2.41. The normalized spacial score (nSPS) is 13.2. The van der Waals surface area contributed by atoms with Crippen molar-refractivity contribution in [2.75, 3.05) is 0 Å². The molecule has 1 aliphatic carbocycles. The number of aromatic nitrogens is 4. The fraction of sp³-hybridized carbons (Fsp3) is 0.0625. The summed E-state index contributed by atoms with van der Waals surface area (Å²) >= 11 is 0. The summed E-state index contributed by atoms with van der Waals surface area (Å²) in [5, 5.41) is 4.73. The Morgan fingerprint density at radius 3 is 1.74 bits per heavy atom. The Morgan fingerprint density at radius 1 is 0.509 bits per heavy atom. The van der Waals surface area contributed by atoms with E-state index in [1.54, 1.807) is 0 Å². The first-order chi connectivity index (χ1) is 26.1. The summed E-state index contributed by atoms with van der Waals surface area (Å²) < 4.78 is 9.30. The number of rotatable bonds is 4. The third kappa shape index (κ3) is 4.28. The Morgan fingerprint density at radius 2 is 1.06 bits per heavy atom. The molecule has 3 aromatic heterocycles. The average Bonchev–Trinajstić information content (AvgIpc) is 3.84. The van der Waals surface area contributed by atoms with E-state index >= 15 is 0 Å². The van der Waals surface area contributed by atoms with Crippen molar-refractivity contribution in [1.82, 2.24) is 19.5 Å². The predicted octanol–water partition coefficient (Wildman–Crippen LogP) is 12.2. The highest BCUT2D eigenvalue weighted by molar-refractivity contribution is 6.31. The molecule has 5 nitrogen and oxygen atoms in total. The molecule has 0 atom stereocenters. The third-order valence-corrected chi connectivity index (χ3v) is 11.0. The van der Waals surface area contributed by atoms with Gasteiger partial charge in [0.15, 0.2) is 17.5 Å². The Labute approximate surface area is 305 Å². The topological polar surface area (TPSA) is 56.7 Å². The molecule has 250 valence electrons. The summed E-state index contributed by atoms with van der Waals surface area (Å²) in [6.45, 7) is 4.71. The van der Waals surface area contributed by atoms with Crippen LogP contribution in [0.15, 0.2) is 162 Å². The van der Waals surface area contributed by atoms with Gasteiger partial charge in [0, 0.05) is 54.9 Å². The van der Waals surface area contributed by atoms with E-state index in [1.165, 1.54) is 43.9 Å². The molecule has 1 aliphatic rings. The molecule has 0 N–H and O–H groups in total. The lowest BCUT2D eigenvalue weighted by Gasteiger charge is -2.24. The molecule has 0 fully saturated rings. The SMILES string of the molecule is CC1(C)c2ccccc2-c2c1c1c(c3ccccc3n1-c1ccc(-c3nc(-c4ccccc4)nc(-c4ccccc4)n3)cc1)c1c2oc2ccccc21. The molecule has 0 amide bonds. The van der Waals surface area contributed by atoms with Crippen molar-refractivity contribution in [1.29, 1.82) is 0 Å². The number of hydrogen-bond donors (Lipinski definition) is 0. The number of furan rings is 1. The van der Waals surface area contributed by atoms with E-state index in [1.807, 2.05) is 60.7 Å². The predicted molar refractivity (Wildman–Crippen MR) is 215 cm³/mol. The average molecular weight is 681 g/mol. The van der Waals surface area contributed by atoms with Gasteiger partial charge in [-0.3, -0.25) is 0 Å². The zero-order chi connectivity index (χ0) is 35.3. The lowest BCUT2D eigenvalue weighted by Crippen LogP contribution is -2.16. The zero-order valence-electron chi connectivity index (χ0n) is 29.2. The summed E-state index contributed by atoms with van der Waals surface area (Å²) in [6, 6.07) is 55.0. The molecule has 0 unspecified atom stereocenters. The summed E-state index contributed by atoms with van der Waals surface area (Å²) in [7, 11) is 0. The molecule has 10 aromatic rings. The largest absolute Gasteiger partial charge is 0.455 e. The van der Waals surface area contributed by atoms with E-state index in [9.17, 15) is 0 Å². The second-order valence-corrected chi connectivity index (χ2v) is 14.4. The van der Waals surface area contributed by atoms with Crippen LogP contribution in [0, 0.1) is 0 Å². The zero-order valence-corrected chi connectivity index (χ0v) is 29.2. The molecule has 0 saturated carbocycles. The lowest BCUT2D eigenvalue weighted by atomic mass is 9.81. The van der Waals surface area contributed by atoms with Gasteiger partial charge in [-0.2, -0.15) is 0 Å². The molecule has 5 heteroatoms. The van der Waals surface area contributed by atoms with E-state index < -0.39 is 0 Å². The smallest absolute Gasteiger partial charge is 0.164 e. The molecule has 11 rings (SSSR count). The maximum absolute atomic E-state index is 6.84. The first kappa shape index (κ1) is 29.8. The second kappa shape index (κ2) is 11.1. The van der Waals surface area contributed by atoms with E-state index in [2.05, 4.69) is 115 Å². The molecular formula is C48H32N4O.